The van der Waals surface area contributed by atoms with E-state index < -0.39 is 11.7 Å². The smallest absolute Gasteiger partial charge is 0.322 e. The number of carbonyl (C=O) groups is 2. The summed E-state index contributed by atoms with van der Waals surface area (Å²) in [6.07, 6.45) is 0. The fourth-order valence-electron chi connectivity index (χ4n) is 2.95. The summed E-state index contributed by atoms with van der Waals surface area (Å²) in [6.45, 7) is 8.15. The molecule has 0 atom stereocenters. The van der Waals surface area contributed by atoms with Crippen LogP contribution in [0.1, 0.15) is 50.7 Å². The number of hydrogen-bond donors (Lipinski definition) is 2. The lowest BCUT2D eigenvalue weighted by atomic mass is 9.93. The molecule has 2 aromatic rings. The minimum absolute atomic E-state index is 0.150. The van der Waals surface area contributed by atoms with Crippen LogP contribution in [0.3, 0.4) is 0 Å². The molecule has 5 nitrogen and oxygen atoms in total. The quantitative estimate of drug-likeness (QED) is 0.720. The number of urea groups is 1. The molecule has 2 N–H and O–H groups in total. The van der Waals surface area contributed by atoms with Crippen LogP contribution in [0.5, 0.6) is 0 Å². The van der Waals surface area contributed by atoms with Crippen LogP contribution < -0.4 is 10.6 Å². The molecule has 0 aliphatic carbocycles. The van der Waals surface area contributed by atoms with Crippen LogP contribution in [0.15, 0.2) is 42.5 Å². The van der Waals surface area contributed by atoms with Crippen LogP contribution in [0.4, 0.5) is 20.6 Å². The Morgan fingerprint density at radius 1 is 0.964 bits per heavy atom. The summed E-state index contributed by atoms with van der Waals surface area (Å²) in [6, 6.07) is 11.3. The van der Waals surface area contributed by atoms with Gasteiger partial charge in [-0.15, -0.1) is 0 Å². The van der Waals surface area contributed by atoms with Gasteiger partial charge in [0.1, 0.15) is 12.4 Å². The Morgan fingerprint density at radius 2 is 1.54 bits per heavy atom. The maximum atomic E-state index is 13.2. The minimum atomic E-state index is -0.435. The molecular formula is C22H28FN3O2. The predicted molar refractivity (Wildman–Crippen MR) is 111 cm³/mol. The van der Waals surface area contributed by atoms with E-state index in [0.29, 0.717) is 5.69 Å². The molecule has 0 aliphatic heterocycles. The monoisotopic (exact) mass is 385 g/mol. The van der Waals surface area contributed by atoms with E-state index in [1.165, 1.54) is 23.1 Å². The van der Waals surface area contributed by atoms with Crippen LogP contribution in [0, 0.1) is 5.82 Å². The Labute approximate surface area is 165 Å². The molecule has 150 valence electrons. The first-order valence-electron chi connectivity index (χ1n) is 9.39. The molecule has 0 fully saturated rings. The van der Waals surface area contributed by atoms with E-state index in [9.17, 15) is 14.0 Å². The van der Waals surface area contributed by atoms with E-state index >= 15 is 0 Å². The van der Waals surface area contributed by atoms with E-state index in [1.54, 1.807) is 13.1 Å². The van der Waals surface area contributed by atoms with Crippen molar-refractivity contribution in [3.63, 3.8) is 0 Å². The molecule has 3 amide bonds. The number of hydrogen-bond acceptors (Lipinski definition) is 2. The van der Waals surface area contributed by atoms with Gasteiger partial charge >= 0.3 is 6.03 Å². The maximum absolute atomic E-state index is 13.2. The zero-order chi connectivity index (χ0) is 20.8. The van der Waals surface area contributed by atoms with Crippen molar-refractivity contribution in [2.45, 2.75) is 39.5 Å². The molecule has 0 spiro atoms. The minimum Gasteiger partial charge on any atom is -0.324 e. The highest BCUT2D eigenvalue weighted by Crippen LogP contribution is 2.32. The largest absolute Gasteiger partial charge is 0.324 e. The number of carbonyl (C=O) groups excluding carboxylic acids is 2. The number of amides is 3. The van der Waals surface area contributed by atoms with Crippen molar-refractivity contribution in [1.82, 2.24) is 4.90 Å². The number of anilines is 2. The summed E-state index contributed by atoms with van der Waals surface area (Å²) < 4.78 is 13.2. The van der Waals surface area contributed by atoms with Crippen molar-refractivity contribution in [3.8, 4) is 0 Å². The number of likely N-dealkylation sites (N-methyl/N-ethyl adjacent to an activating group) is 1. The average Bonchev–Trinajstić information content (AvgIpc) is 2.61. The molecule has 0 aromatic heterocycles. The summed E-state index contributed by atoms with van der Waals surface area (Å²) in [5.41, 5.74) is 3.26. The predicted octanol–water partition coefficient (Wildman–Crippen LogP) is 5.17. The van der Waals surface area contributed by atoms with E-state index in [0.717, 1.165) is 16.8 Å². The van der Waals surface area contributed by atoms with E-state index in [-0.39, 0.29) is 24.4 Å². The van der Waals surface area contributed by atoms with E-state index in [2.05, 4.69) is 38.3 Å². The van der Waals surface area contributed by atoms with Crippen LogP contribution in [0.2, 0.25) is 0 Å². The molecule has 0 aliphatic rings. The van der Waals surface area contributed by atoms with Gasteiger partial charge in [0, 0.05) is 18.4 Å². The Hall–Kier alpha value is -2.89. The van der Waals surface area contributed by atoms with Gasteiger partial charge in [-0.1, -0.05) is 52.0 Å². The Kier molecular flexibility index (Phi) is 7.15. The first-order valence-corrected chi connectivity index (χ1v) is 9.39. The first-order chi connectivity index (χ1) is 13.2. The summed E-state index contributed by atoms with van der Waals surface area (Å²) >= 11 is 0. The molecule has 0 saturated heterocycles. The third-order valence-electron chi connectivity index (χ3n) is 4.44. The number of nitrogens with zero attached hydrogens (tertiary/aromatic N) is 1. The summed E-state index contributed by atoms with van der Waals surface area (Å²) in [5.74, 6) is -0.342. The van der Waals surface area contributed by atoms with Gasteiger partial charge in [0.25, 0.3) is 0 Å². The van der Waals surface area contributed by atoms with Crippen molar-refractivity contribution in [3.05, 3.63) is 59.4 Å². The van der Waals surface area contributed by atoms with Gasteiger partial charge in [-0.3, -0.25) is 4.79 Å². The van der Waals surface area contributed by atoms with Gasteiger partial charge in [0.15, 0.2) is 0 Å². The highest BCUT2D eigenvalue weighted by atomic mass is 19.1. The molecule has 6 heteroatoms. The first kappa shape index (κ1) is 21.4. The molecule has 2 aromatic carbocycles. The normalized spacial score (nSPS) is 10.9. The molecule has 28 heavy (non-hydrogen) atoms. The lowest BCUT2D eigenvalue weighted by Gasteiger charge is -2.23. The number of para-hydroxylation sites is 1. The van der Waals surface area contributed by atoms with Gasteiger partial charge < -0.3 is 15.5 Å². The molecule has 0 radical (unpaired) electrons. The Balaban J connectivity index is 2.09. The number of rotatable bonds is 6. The molecule has 2 rings (SSSR count). The van der Waals surface area contributed by atoms with E-state index in [4.69, 9.17) is 0 Å². The van der Waals surface area contributed by atoms with Crippen molar-refractivity contribution in [2.75, 3.05) is 24.2 Å². The fraction of sp³-hybridized carbons (Fsp3) is 0.364. The molecule has 0 bridgehead atoms. The second-order valence-electron chi connectivity index (χ2n) is 7.47. The van der Waals surface area contributed by atoms with Crippen LogP contribution in [-0.2, 0) is 4.79 Å². The van der Waals surface area contributed by atoms with Crippen LogP contribution in [0.25, 0.3) is 0 Å². The summed E-state index contributed by atoms with van der Waals surface area (Å²) in [7, 11) is 1.55. The summed E-state index contributed by atoms with van der Waals surface area (Å²) in [4.78, 5) is 26.2. The highest BCUT2D eigenvalue weighted by Gasteiger charge is 2.19. The van der Waals surface area contributed by atoms with Crippen LogP contribution in [-0.4, -0.2) is 30.4 Å². The Bertz CT molecular complexity index is 823. The van der Waals surface area contributed by atoms with Crippen molar-refractivity contribution in [1.29, 1.82) is 0 Å². The zero-order valence-electron chi connectivity index (χ0n) is 17.0. The zero-order valence-corrected chi connectivity index (χ0v) is 17.0. The number of benzene rings is 2. The molecule has 0 heterocycles. The van der Waals surface area contributed by atoms with Gasteiger partial charge in [-0.25, -0.2) is 9.18 Å². The third kappa shape index (κ3) is 5.55. The fourth-order valence-corrected chi connectivity index (χ4v) is 2.95. The topological polar surface area (TPSA) is 61.4 Å². The van der Waals surface area contributed by atoms with Gasteiger partial charge in [-0.2, -0.15) is 0 Å². The van der Waals surface area contributed by atoms with E-state index in [1.807, 2.05) is 18.2 Å². The van der Waals surface area contributed by atoms with Gasteiger partial charge in [-0.05, 0) is 41.2 Å². The third-order valence-corrected chi connectivity index (χ3v) is 4.44. The van der Waals surface area contributed by atoms with Crippen molar-refractivity contribution >= 4 is 23.3 Å². The number of halogens is 1. The summed E-state index contributed by atoms with van der Waals surface area (Å²) in [5, 5.41) is 5.56. The lowest BCUT2D eigenvalue weighted by molar-refractivity contribution is -0.116. The number of nitrogens with one attached hydrogen (secondary N) is 2. The second-order valence-corrected chi connectivity index (χ2v) is 7.47. The van der Waals surface area contributed by atoms with Gasteiger partial charge in [0.2, 0.25) is 5.91 Å². The molecule has 0 saturated carbocycles. The molecular weight excluding hydrogens is 357 g/mol. The average molecular weight is 385 g/mol. The second kappa shape index (κ2) is 9.35. The standard InChI is InChI=1S/C22H28FN3O2/c1-14(2)18-10-7-11-19(15(3)4)21(18)25-22(28)26(5)13-20(27)24-17-9-6-8-16(23)12-17/h6-12,14-15H,13H2,1-5H3,(H,24,27)(H,25,28). The van der Waals surface area contributed by atoms with Crippen molar-refractivity contribution in [2.24, 2.45) is 0 Å². The Morgan fingerprint density at radius 3 is 2.07 bits per heavy atom. The van der Waals surface area contributed by atoms with Crippen molar-refractivity contribution < 1.29 is 14.0 Å². The lowest BCUT2D eigenvalue weighted by Crippen LogP contribution is -2.38. The van der Waals surface area contributed by atoms with Crippen LogP contribution >= 0.6 is 0 Å². The molecule has 0 unspecified atom stereocenters. The highest BCUT2D eigenvalue weighted by molar-refractivity contribution is 5.97. The van der Waals surface area contributed by atoms with Gasteiger partial charge in [0.05, 0.1) is 0 Å². The SMILES string of the molecule is CC(C)c1cccc(C(C)C)c1NC(=O)N(C)CC(=O)Nc1cccc(F)c1. The maximum Gasteiger partial charge on any atom is 0.322 e.